The summed E-state index contributed by atoms with van der Waals surface area (Å²) >= 11 is 4.79. The Balaban J connectivity index is 2.57. The van der Waals surface area contributed by atoms with E-state index in [0.717, 1.165) is 5.56 Å². The highest BCUT2D eigenvalue weighted by molar-refractivity contribution is 7.80. The van der Waals surface area contributed by atoms with Crippen LogP contribution in [0.15, 0.2) is 24.3 Å². The quantitative estimate of drug-likeness (QED) is 0.651. The molecular formula is C11H13N3O2S. The standard InChI is InChI=1S/C11H13N3O2S/c1-7-3-5-8(6-4-7)9(15)13-11(17)14-10(16)12-2/h3-6H,1-2H3,(H3,12,13,14,15,16,17). The largest absolute Gasteiger partial charge is 0.341 e. The van der Waals surface area contributed by atoms with Crippen molar-refractivity contribution < 1.29 is 9.59 Å². The molecule has 0 aliphatic heterocycles. The lowest BCUT2D eigenvalue weighted by Gasteiger charge is -2.07. The van der Waals surface area contributed by atoms with Crippen LogP contribution in [0.4, 0.5) is 4.79 Å². The highest BCUT2D eigenvalue weighted by Gasteiger charge is 2.08. The van der Waals surface area contributed by atoms with Crippen LogP contribution >= 0.6 is 12.2 Å². The van der Waals surface area contributed by atoms with Gasteiger partial charge in [0.05, 0.1) is 0 Å². The summed E-state index contributed by atoms with van der Waals surface area (Å²) in [7, 11) is 1.46. The minimum Gasteiger partial charge on any atom is -0.341 e. The monoisotopic (exact) mass is 251 g/mol. The Kier molecular flexibility index (Phi) is 4.59. The third-order valence-corrected chi connectivity index (χ3v) is 2.20. The van der Waals surface area contributed by atoms with E-state index < -0.39 is 6.03 Å². The van der Waals surface area contributed by atoms with Crippen molar-refractivity contribution in [3.8, 4) is 0 Å². The number of urea groups is 1. The first-order valence-corrected chi connectivity index (χ1v) is 5.34. The summed E-state index contributed by atoms with van der Waals surface area (Å²) in [6.45, 7) is 1.93. The minimum atomic E-state index is -0.473. The highest BCUT2D eigenvalue weighted by Crippen LogP contribution is 2.02. The Bertz CT molecular complexity index is 443. The van der Waals surface area contributed by atoms with Gasteiger partial charge in [-0.3, -0.25) is 15.4 Å². The lowest BCUT2D eigenvalue weighted by atomic mass is 10.1. The van der Waals surface area contributed by atoms with Crippen molar-refractivity contribution in [2.45, 2.75) is 6.92 Å². The van der Waals surface area contributed by atoms with Gasteiger partial charge in [0.25, 0.3) is 5.91 Å². The lowest BCUT2D eigenvalue weighted by Crippen LogP contribution is -2.45. The molecule has 90 valence electrons. The zero-order valence-corrected chi connectivity index (χ0v) is 10.4. The van der Waals surface area contributed by atoms with Crippen molar-refractivity contribution in [1.29, 1.82) is 0 Å². The van der Waals surface area contributed by atoms with Gasteiger partial charge in [0.2, 0.25) is 0 Å². The van der Waals surface area contributed by atoms with Crippen LogP contribution in [-0.4, -0.2) is 24.1 Å². The Morgan fingerprint density at radius 3 is 2.24 bits per heavy atom. The maximum atomic E-state index is 11.7. The van der Waals surface area contributed by atoms with Crippen LogP contribution in [0.5, 0.6) is 0 Å². The first-order valence-electron chi connectivity index (χ1n) is 4.93. The Hall–Kier alpha value is -1.95. The molecule has 0 saturated carbocycles. The van der Waals surface area contributed by atoms with Crippen LogP contribution in [-0.2, 0) is 0 Å². The number of aryl methyl sites for hydroxylation is 1. The molecule has 0 fully saturated rings. The van der Waals surface area contributed by atoms with Gasteiger partial charge >= 0.3 is 6.03 Å². The van der Waals surface area contributed by atoms with Gasteiger partial charge in [-0.15, -0.1) is 0 Å². The van der Waals surface area contributed by atoms with Crippen molar-refractivity contribution in [3.63, 3.8) is 0 Å². The van der Waals surface area contributed by atoms with Gasteiger partial charge in [-0.2, -0.15) is 0 Å². The van der Waals surface area contributed by atoms with Gasteiger partial charge in [0.1, 0.15) is 0 Å². The molecule has 0 spiro atoms. The van der Waals surface area contributed by atoms with Crippen LogP contribution in [0.1, 0.15) is 15.9 Å². The van der Waals surface area contributed by atoms with Crippen molar-refractivity contribution in [1.82, 2.24) is 16.0 Å². The molecule has 0 aliphatic carbocycles. The molecule has 3 N–H and O–H groups in total. The number of hydrogen-bond donors (Lipinski definition) is 3. The fourth-order valence-corrected chi connectivity index (χ4v) is 1.26. The summed E-state index contributed by atoms with van der Waals surface area (Å²) in [4.78, 5) is 22.6. The SMILES string of the molecule is CNC(=O)NC(=S)NC(=O)c1ccc(C)cc1. The van der Waals surface area contributed by atoms with E-state index in [1.54, 1.807) is 12.1 Å². The molecule has 0 saturated heterocycles. The molecule has 3 amide bonds. The van der Waals surface area contributed by atoms with Crippen molar-refractivity contribution in [2.24, 2.45) is 0 Å². The average Bonchev–Trinajstić information content (AvgIpc) is 2.29. The number of benzene rings is 1. The fourth-order valence-electron chi connectivity index (χ4n) is 1.08. The second-order valence-corrected chi connectivity index (χ2v) is 3.76. The summed E-state index contributed by atoms with van der Waals surface area (Å²) in [5.41, 5.74) is 1.55. The molecule has 0 unspecified atom stereocenters. The first-order chi connectivity index (χ1) is 8.02. The average molecular weight is 251 g/mol. The van der Waals surface area contributed by atoms with E-state index in [9.17, 15) is 9.59 Å². The number of hydrogen-bond acceptors (Lipinski definition) is 3. The van der Waals surface area contributed by atoms with E-state index in [-0.39, 0.29) is 11.0 Å². The summed E-state index contributed by atoms with van der Waals surface area (Å²) in [5.74, 6) is -0.355. The molecule has 0 radical (unpaired) electrons. The molecule has 0 aliphatic rings. The van der Waals surface area contributed by atoms with E-state index in [4.69, 9.17) is 12.2 Å². The maximum absolute atomic E-state index is 11.7. The molecule has 6 heteroatoms. The predicted octanol–water partition coefficient (Wildman–Crippen LogP) is 0.939. The van der Waals surface area contributed by atoms with Gasteiger partial charge in [0.15, 0.2) is 5.11 Å². The topological polar surface area (TPSA) is 70.2 Å². The van der Waals surface area contributed by atoms with Gasteiger partial charge in [-0.1, -0.05) is 17.7 Å². The highest BCUT2D eigenvalue weighted by atomic mass is 32.1. The number of amides is 3. The van der Waals surface area contributed by atoms with Crippen LogP contribution < -0.4 is 16.0 Å². The molecule has 5 nitrogen and oxygen atoms in total. The van der Waals surface area contributed by atoms with Crippen molar-refractivity contribution in [2.75, 3.05) is 7.05 Å². The molecule has 1 rings (SSSR count). The normalized spacial score (nSPS) is 9.29. The van der Waals surface area contributed by atoms with Crippen LogP contribution in [0.2, 0.25) is 0 Å². The molecule has 17 heavy (non-hydrogen) atoms. The molecule has 0 bridgehead atoms. The molecule has 1 aromatic rings. The Morgan fingerprint density at radius 1 is 1.12 bits per heavy atom. The smallest absolute Gasteiger partial charge is 0.320 e. The molecule has 0 aromatic heterocycles. The van der Waals surface area contributed by atoms with Gasteiger partial charge < -0.3 is 5.32 Å². The van der Waals surface area contributed by atoms with E-state index in [1.165, 1.54) is 7.05 Å². The summed E-state index contributed by atoms with van der Waals surface area (Å²) in [6.07, 6.45) is 0. The number of thiocarbonyl (C=S) groups is 1. The van der Waals surface area contributed by atoms with Crippen molar-refractivity contribution >= 4 is 29.3 Å². The number of carbonyl (C=O) groups excluding carboxylic acids is 2. The van der Waals surface area contributed by atoms with Crippen LogP contribution in [0.25, 0.3) is 0 Å². The minimum absolute atomic E-state index is 0.0325. The van der Waals surface area contributed by atoms with E-state index in [0.29, 0.717) is 5.56 Å². The van der Waals surface area contributed by atoms with E-state index in [1.807, 2.05) is 19.1 Å². The number of rotatable bonds is 1. The van der Waals surface area contributed by atoms with Gasteiger partial charge in [-0.25, -0.2) is 4.79 Å². The lowest BCUT2D eigenvalue weighted by molar-refractivity contribution is 0.0977. The van der Waals surface area contributed by atoms with E-state index >= 15 is 0 Å². The molecule has 0 heterocycles. The zero-order chi connectivity index (χ0) is 12.8. The number of nitrogens with one attached hydrogen (secondary N) is 3. The fraction of sp³-hybridized carbons (Fsp3) is 0.182. The number of carbonyl (C=O) groups is 2. The summed E-state index contributed by atoms with van der Waals surface area (Å²) in [6, 6.07) is 6.55. The zero-order valence-electron chi connectivity index (χ0n) is 9.53. The van der Waals surface area contributed by atoms with Crippen LogP contribution in [0.3, 0.4) is 0 Å². The first kappa shape index (κ1) is 13.1. The molecular weight excluding hydrogens is 238 g/mol. The Morgan fingerprint density at radius 2 is 1.71 bits per heavy atom. The van der Waals surface area contributed by atoms with E-state index in [2.05, 4.69) is 16.0 Å². The third-order valence-electron chi connectivity index (χ3n) is 1.99. The Labute approximate surface area is 105 Å². The summed E-state index contributed by atoms with van der Waals surface area (Å²) < 4.78 is 0. The third kappa shape index (κ3) is 4.20. The predicted molar refractivity (Wildman–Crippen MR) is 68.8 cm³/mol. The van der Waals surface area contributed by atoms with Gasteiger partial charge in [-0.05, 0) is 31.3 Å². The second-order valence-electron chi connectivity index (χ2n) is 3.35. The second kappa shape index (κ2) is 5.95. The molecule has 0 atom stereocenters. The van der Waals surface area contributed by atoms with Crippen molar-refractivity contribution in [3.05, 3.63) is 35.4 Å². The maximum Gasteiger partial charge on any atom is 0.320 e. The molecule has 1 aromatic carbocycles. The van der Waals surface area contributed by atoms with Crippen LogP contribution in [0, 0.1) is 6.92 Å². The van der Waals surface area contributed by atoms with Gasteiger partial charge in [0, 0.05) is 12.6 Å². The summed E-state index contributed by atoms with van der Waals surface area (Å²) in [5, 5.41) is 6.99.